The molecule has 0 radical (unpaired) electrons. The predicted molar refractivity (Wildman–Crippen MR) is 89.5 cm³/mol. The van der Waals surface area contributed by atoms with Crippen LogP contribution in [0.5, 0.6) is 0 Å². The van der Waals surface area contributed by atoms with Crippen LogP contribution in [-0.2, 0) is 13.6 Å². The highest BCUT2D eigenvalue weighted by molar-refractivity contribution is 7.20. The Bertz CT molecular complexity index is 919. The van der Waals surface area contributed by atoms with Crippen LogP contribution in [0.25, 0.3) is 10.2 Å². The lowest BCUT2D eigenvalue weighted by molar-refractivity contribution is 0.0660. The Morgan fingerprint density at radius 1 is 1.42 bits per heavy atom. The summed E-state index contributed by atoms with van der Waals surface area (Å²) in [5.74, 6) is -0.832. The molecule has 3 rings (SSSR count). The fourth-order valence-electron chi connectivity index (χ4n) is 2.45. The van der Waals surface area contributed by atoms with Gasteiger partial charge in [0, 0.05) is 12.4 Å². The minimum Gasteiger partial charge on any atom is -0.475 e. The van der Waals surface area contributed by atoms with Gasteiger partial charge < -0.3 is 14.8 Å². The molecule has 8 heteroatoms. The Morgan fingerprint density at radius 3 is 2.79 bits per heavy atom. The van der Waals surface area contributed by atoms with Gasteiger partial charge >= 0.3 is 5.97 Å². The highest BCUT2D eigenvalue weighted by atomic mass is 32.1. The molecule has 3 aromatic rings. The molecule has 3 heterocycles. The number of fused-ring (bicyclic) bond motifs is 1. The van der Waals surface area contributed by atoms with Crippen LogP contribution in [0.1, 0.15) is 51.4 Å². The van der Waals surface area contributed by atoms with Crippen molar-refractivity contribution >= 4 is 33.4 Å². The number of carbonyl (C=O) groups is 2. The van der Waals surface area contributed by atoms with E-state index in [1.165, 1.54) is 23.5 Å². The molecule has 0 aromatic carbocycles. The van der Waals surface area contributed by atoms with Crippen molar-refractivity contribution in [1.82, 2.24) is 15.1 Å². The third-order valence-electron chi connectivity index (χ3n) is 3.61. The van der Waals surface area contributed by atoms with Gasteiger partial charge in [-0.15, -0.1) is 11.3 Å². The van der Waals surface area contributed by atoms with E-state index in [1.807, 2.05) is 13.1 Å². The Labute approximate surface area is 141 Å². The standard InChI is InChI=1S/C16H17N3O4S/c1-8(2)13-10-6-12(24-15(10)19(3)18-13)14(20)17-7-9-4-5-11(23-9)16(21)22/h4-6,8H,7H2,1-3H3,(H,17,20)(H,21,22). The topological polar surface area (TPSA) is 97.4 Å². The quantitative estimate of drug-likeness (QED) is 0.739. The molecular formula is C16H17N3O4S. The monoisotopic (exact) mass is 347 g/mol. The molecule has 0 saturated heterocycles. The number of hydrogen-bond donors (Lipinski definition) is 2. The fraction of sp³-hybridized carbons (Fsp3) is 0.312. The van der Waals surface area contributed by atoms with Crippen LogP contribution in [0.2, 0.25) is 0 Å². The third-order valence-corrected chi connectivity index (χ3v) is 4.81. The van der Waals surface area contributed by atoms with E-state index in [0.29, 0.717) is 10.6 Å². The van der Waals surface area contributed by atoms with Gasteiger partial charge in [-0.25, -0.2) is 4.79 Å². The van der Waals surface area contributed by atoms with E-state index in [-0.39, 0.29) is 24.1 Å². The first-order chi connectivity index (χ1) is 11.4. The Kier molecular flexibility index (Phi) is 4.15. The van der Waals surface area contributed by atoms with Crippen LogP contribution < -0.4 is 5.32 Å². The van der Waals surface area contributed by atoms with E-state index in [1.54, 1.807) is 4.68 Å². The summed E-state index contributed by atoms with van der Waals surface area (Å²) in [4.78, 5) is 24.6. The normalized spacial score (nSPS) is 11.3. The summed E-state index contributed by atoms with van der Waals surface area (Å²) in [6, 6.07) is 4.75. The number of nitrogens with one attached hydrogen (secondary N) is 1. The molecule has 0 saturated carbocycles. The number of aromatic carboxylic acids is 1. The Balaban J connectivity index is 1.76. The maximum absolute atomic E-state index is 12.3. The molecule has 1 amide bonds. The average Bonchev–Trinajstić information content (AvgIpc) is 3.21. The Hall–Kier alpha value is -2.61. The van der Waals surface area contributed by atoms with Crippen molar-refractivity contribution in [2.24, 2.45) is 7.05 Å². The van der Waals surface area contributed by atoms with Crippen LogP contribution in [0.15, 0.2) is 22.6 Å². The number of carboxylic acid groups (broad SMARTS) is 1. The first-order valence-corrected chi connectivity index (χ1v) is 8.25. The number of amides is 1. The highest BCUT2D eigenvalue weighted by Crippen LogP contribution is 2.31. The number of aromatic nitrogens is 2. The van der Waals surface area contributed by atoms with Crippen LogP contribution in [0, 0.1) is 0 Å². The number of carboxylic acids is 1. The van der Waals surface area contributed by atoms with Gasteiger partial charge in [0.2, 0.25) is 5.76 Å². The van der Waals surface area contributed by atoms with Crippen molar-refractivity contribution in [2.45, 2.75) is 26.3 Å². The van der Waals surface area contributed by atoms with E-state index in [0.717, 1.165) is 15.9 Å². The molecule has 0 atom stereocenters. The molecule has 126 valence electrons. The lowest BCUT2D eigenvalue weighted by Crippen LogP contribution is -2.21. The zero-order valence-corrected chi connectivity index (χ0v) is 14.3. The van der Waals surface area contributed by atoms with E-state index in [2.05, 4.69) is 24.3 Å². The van der Waals surface area contributed by atoms with Crippen LogP contribution in [0.4, 0.5) is 0 Å². The fourth-order valence-corrected chi connectivity index (χ4v) is 3.44. The third kappa shape index (κ3) is 2.92. The number of carbonyl (C=O) groups excluding carboxylic acids is 1. The molecule has 0 aliphatic rings. The number of furan rings is 1. The van der Waals surface area contributed by atoms with E-state index in [4.69, 9.17) is 9.52 Å². The van der Waals surface area contributed by atoms with Gasteiger partial charge in [0.15, 0.2) is 0 Å². The van der Waals surface area contributed by atoms with Crippen LogP contribution in [0.3, 0.4) is 0 Å². The first-order valence-electron chi connectivity index (χ1n) is 7.43. The van der Waals surface area contributed by atoms with E-state index in [9.17, 15) is 9.59 Å². The van der Waals surface area contributed by atoms with Crippen molar-refractivity contribution in [3.8, 4) is 0 Å². The largest absolute Gasteiger partial charge is 0.475 e. The number of rotatable bonds is 5. The maximum atomic E-state index is 12.3. The molecule has 0 aliphatic heterocycles. The SMILES string of the molecule is CC(C)c1nn(C)c2sc(C(=O)NCc3ccc(C(=O)O)o3)cc12. The van der Waals surface area contributed by atoms with Crippen molar-refractivity contribution in [3.63, 3.8) is 0 Å². The van der Waals surface area contributed by atoms with Gasteiger partial charge in [-0.05, 0) is 24.1 Å². The van der Waals surface area contributed by atoms with Gasteiger partial charge in [0.05, 0.1) is 17.1 Å². The number of aryl methyl sites for hydroxylation is 1. The number of hydrogen-bond acceptors (Lipinski definition) is 5. The van der Waals surface area contributed by atoms with Crippen molar-refractivity contribution in [2.75, 3.05) is 0 Å². The molecule has 24 heavy (non-hydrogen) atoms. The summed E-state index contributed by atoms with van der Waals surface area (Å²) in [6.45, 7) is 4.27. The summed E-state index contributed by atoms with van der Waals surface area (Å²) in [5.41, 5.74) is 0.972. The zero-order valence-electron chi connectivity index (χ0n) is 13.5. The lowest BCUT2D eigenvalue weighted by atomic mass is 10.1. The average molecular weight is 347 g/mol. The molecule has 3 aromatic heterocycles. The van der Waals surface area contributed by atoms with Gasteiger partial charge in [-0.1, -0.05) is 13.8 Å². The van der Waals surface area contributed by atoms with Gasteiger partial charge in [0.1, 0.15) is 10.6 Å². The first kappa shape index (κ1) is 16.3. The Morgan fingerprint density at radius 2 is 2.17 bits per heavy atom. The van der Waals surface area contributed by atoms with Gasteiger partial charge in [-0.3, -0.25) is 9.48 Å². The smallest absolute Gasteiger partial charge is 0.371 e. The second-order valence-electron chi connectivity index (χ2n) is 5.75. The predicted octanol–water partition coefficient (Wildman–Crippen LogP) is 2.98. The number of nitrogens with zero attached hydrogens (tertiary/aromatic N) is 2. The van der Waals surface area contributed by atoms with Crippen molar-refractivity contribution in [1.29, 1.82) is 0 Å². The van der Waals surface area contributed by atoms with Gasteiger partial charge in [-0.2, -0.15) is 5.10 Å². The molecular weight excluding hydrogens is 330 g/mol. The summed E-state index contributed by atoms with van der Waals surface area (Å²) < 4.78 is 6.91. The lowest BCUT2D eigenvalue weighted by Gasteiger charge is -2.01. The molecule has 0 unspecified atom stereocenters. The van der Waals surface area contributed by atoms with Crippen LogP contribution in [-0.4, -0.2) is 26.8 Å². The molecule has 0 bridgehead atoms. The summed E-state index contributed by atoms with van der Waals surface area (Å²) >= 11 is 1.38. The van der Waals surface area contributed by atoms with Gasteiger partial charge in [0.25, 0.3) is 5.91 Å². The molecule has 0 fully saturated rings. The highest BCUT2D eigenvalue weighted by Gasteiger charge is 2.18. The van der Waals surface area contributed by atoms with E-state index >= 15 is 0 Å². The second kappa shape index (κ2) is 6.12. The summed E-state index contributed by atoms with van der Waals surface area (Å²) in [7, 11) is 1.86. The van der Waals surface area contributed by atoms with E-state index < -0.39 is 5.97 Å². The maximum Gasteiger partial charge on any atom is 0.371 e. The molecule has 2 N–H and O–H groups in total. The second-order valence-corrected chi connectivity index (χ2v) is 6.78. The summed E-state index contributed by atoms with van der Waals surface area (Å²) in [6.07, 6.45) is 0. The van der Waals surface area contributed by atoms with Crippen molar-refractivity contribution < 1.29 is 19.1 Å². The van der Waals surface area contributed by atoms with Crippen LogP contribution >= 0.6 is 11.3 Å². The molecule has 0 aliphatic carbocycles. The zero-order chi connectivity index (χ0) is 17.4. The summed E-state index contributed by atoms with van der Waals surface area (Å²) in [5, 5.41) is 17.0. The minimum atomic E-state index is -1.13. The molecule has 7 nitrogen and oxygen atoms in total. The number of thiophene rings is 1. The molecule has 0 spiro atoms. The minimum absolute atomic E-state index is 0.135. The van der Waals surface area contributed by atoms with Crippen molar-refractivity contribution in [3.05, 3.63) is 40.3 Å².